The standard InChI is InChI=1S/C17H18N4O2S/c22-17(18-8-12-3-1-5-23-12)16-7-14-15(20-11-19-14)10-21(16)9-13-4-2-6-24-13/h1-6,11,16H,7-10H2,(H,18,22)(H,19,20). The molecule has 0 spiro atoms. The molecule has 1 amide bonds. The molecule has 1 unspecified atom stereocenters. The van der Waals surface area contributed by atoms with E-state index in [9.17, 15) is 4.79 Å². The normalized spacial score (nSPS) is 17.6. The Morgan fingerprint density at radius 3 is 3.21 bits per heavy atom. The van der Waals surface area contributed by atoms with Gasteiger partial charge in [-0.1, -0.05) is 6.07 Å². The Morgan fingerprint density at radius 2 is 2.42 bits per heavy atom. The SMILES string of the molecule is O=C(NCc1ccco1)C1Cc2nc[nH]c2CN1Cc1cccs1. The molecule has 6 nitrogen and oxygen atoms in total. The molecule has 124 valence electrons. The van der Waals surface area contributed by atoms with E-state index in [-0.39, 0.29) is 11.9 Å². The van der Waals surface area contributed by atoms with Crippen molar-refractivity contribution in [2.24, 2.45) is 0 Å². The number of nitrogens with zero attached hydrogens (tertiary/aromatic N) is 2. The first-order valence-corrected chi connectivity index (χ1v) is 8.75. The number of hydrogen-bond acceptors (Lipinski definition) is 5. The van der Waals surface area contributed by atoms with Gasteiger partial charge in [0.15, 0.2) is 0 Å². The van der Waals surface area contributed by atoms with Crippen LogP contribution in [0.1, 0.15) is 22.0 Å². The Hall–Kier alpha value is -2.38. The maximum atomic E-state index is 12.7. The van der Waals surface area contributed by atoms with Crippen LogP contribution in [0.25, 0.3) is 0 Å². The largest absolute Gasteiger partial charge is 0.467 e. The molecular formula is C17H18N4O2S. The second kappa shape index (κ2) is 6.62. The Bertz CT molecular complexity index is 795. The number of aromatic nitrogens is 2. The minimum atomic E-state index is -0.224. The Morgan fingerprint density at radius 1 is 1.46 bits per heavy atom. The fourth-order valence-corrected chi connectivity index (χ4v) is 3.75. The molecule has 7 heteroatoms. The number of thiophene rings is 1. The van der Waals surface area contributed by atoms with Crippen molar-refractivity contribution < 1.29 is 9.21 Å². The van der Waals surface area contributed by atoms with E-state index in [1.54, 1.807) is 23.9 Å². The predicted octanol–water partition coefficient (Wildman–Crippen LogP) is 2.31. The minimum absolute atomic E-state index is 0.0107. The minimum Gasteiger partial charge on any atom is -0.467 e. The zero-order valence-corrected chi connectivity index (χ0v) is 13.9. The first-order valence-electron chi connectivity index (χ1n) is 7.87. The number of amides is 1. The van der Waals surface area contributed by atoms with Crippen LogP contribution in [-0.4, -0.2) is 26.8 Å². The van der Waals surface area contributed by atoms with Crippen molar-refractivity contribution in [1.82, 2.24) is 20.2 Å². The van der Waals surface area contributed by atoms with Gasteiger partial charge in [0.25, 0.3) is 0 Å². The second-order valence-electron chi connectivity index (χ2n) is 5.83. The monoisotopic (exact) mass is 342 g/mol. The highest BCUT2D eigenvalue weighted by molar-refractivity contribution is 7.09. The first-order chi connectivity index (χ1) is 11.8. The van der Waals surface area contributed by atoms with Crippen LogP contribution in [0.4, 0.5) is 0 Å². The van der Waals surface area contributed by atoms with Gasteiger partial charge in [-0.3, -0.25) is 9.69 Å². The molecule has 0 saturated carbocycles. The number of aromatic amines is 1. The molecule has 3 aromatic heterocycles. The summed E-state index contributed by atoms with van der Waals surface area (Å²) in [6.45, 7) is 1.86. The fraction of sp³-hybridized carbons (Fsp3) is 0.294. The number of imidazole rings is 1. The molecule has 4 rings (SSSR count). The summed E-state index contributed by atoms with van der Waals surface area (Å²) >= 11 is 1.71. The van der Waals surface area contributed by atoms with Gasteiger partial charge in [-0.25, -0.2) is 4.98 Å². The molecule has 24 heavy (non-hydrogen) atoms. The quantitative estimate of drug-likeness (QED) is 0.746. The number of hydrogen-bond donors (Lipinski definition) is 2. The van der Waals surface area contributed by atoms with E-state index in [2.05, 4.69) is 31.6 Å². The molecule has 0 aliphatic carbocycles. The third kappa shape index (κ3) is 3.13. The first kappa shape index (κ1) is 15.2. The maximum Gasteiger partial charge on any atom is 0.238 e. The number of furan rings is 1. The zero-order chi connectivity index (χ0) is 16.4. The molecule has 0 saturated heterocycles. The van der Waals surface area contributed by atoms with Gasteiger partial charge in [-0.2, -0.15) is 0 Å². The number of fused-ring (bicyclic) bond motifs is 1. The Kier molecular flexibility index (Phi) is 4.18. The number of carbonyl (C=O) groups is 1. The van der Waals surface area contributed by atoms with Crippen molar-refractivity contribution in [3.8, 4) is 0 Å². The van der Waals surface area contributed by atoms with E-state index in [1.165, 1.54) is 4.88 Å². The predicted molar refractivity (Wildman–Crippen MR) is 90.2 cm³/mol. The molecule has 2 N–H and O–H groups in total. The molecule has 0 fully saturated rings. The Labute approximate surface area is 143 Å². The van der Waals surface area contributed by atoms with Crippen molar-refractivity contribution in [3.05, 3.63) is 64.3 Å². The molecule has 3 aromatic rings. The summed E-state index contributed by atoms with van der Waals surface area (Å²) in [6.07, 6.45) is 3.94. The van der Waals surface area contributed by atoms with Crippen LogP contribution in [0, 0.1) is 0 Å². The molecular weight excluding hydrogens is 324 g/mol. The summed E-state index contributed by atoms with van der Waals surface area (Å²) in [5.41, 5.74) is 2.08. The van der Waals surface area contributed by atoms with Crippen LogP contribution in [0.5, 0.6) is 0 Å². The van der Waals surface area contributed by atoms with Crippen molar-refractivity contribution >= 4 is 17.2 Å². The fourth-order valence-electron chi connectivity index (χ4n) is 3.02. The van der Waals surface area contributed by atoms with Crippen LogP contribution >= 0.6 is 11.3 Å². The number of nitrogens with one attached hydrogen (secondary N) is 2. The lowest BCUT2D eigenvalue weighted by molar-refractivity contribution is -0.127. The van der Waals surface area contributed by atoms with Crippen molar-refractivity contribution in [2.45, 2.75) is 32.1 Å². The Balaban J connectivity index is 1.50. The lowest BCUT2D eigenvalue weighted by Crippen LogP contribution is -2.49. The van der Waals surface area contributed by atoms with E-state index >= 15 is 0 Å². The second-order valence-corrected chi connectivity index (χ2v) is 6.86. The van der Waals surface area contributed by atoms with E-state index in [0.29, 0.717) is 19.5 Å². The van der Waals surface area contributed by atoms with Gasteiger partial charge >= 0.3 is 0 Å². The summed E-state index contributed by atoms with van der Waals surface area (Å²) in [5.74, 6) is 0.765. The van der Waals surface area contributed by atoms with Gasteiger partial charge in [0, 0.05) is 24.4 Å². The van der Waals surface area contributed by atoms with E-state index < -0.39 is 0 Å². The number of rotatable bonds is 5. The molecule has 0 aromatic carbocycles. The maximum absolute atomic E-state index is 12.7. The third-order valence-corrected chi connectivity index (χ3v) is 5.12. The molecule has 0 radical (unpaired) electrons. The molecule has 1 aliphatic heterocycles. The van der Waals surface area contributed by atoms with Crippen molar-refractivity contribution in [3.63, 3.8) is 0 Å². The van der Waals surface area contributed by atoms with Gasteiger partial charge < -0.3 is 14.7 Å². The van der Waals surface area contributed by atoms with Gasteiger partial charge in [-0.15, -0.1) is 11.3 Å². The van der Waals surface area contributed by atoms with Crippen LogP contribution in [0.3, 0.4) is 0 Å². The van der Waals surface area contributed by atoms with Crippen LogP contribution < -0.4 is 5.32 Å². The molecule has 1 aliphatic rings. The number of carbonyl (C=O) groups excluding carboxylic acids is 1. The van der Waals surface area contributed by atoms with E-state index in [0.717, 1.165) is 23.7 Å². The number of H-pyrrole nitrogens is 1. The average Bonchev–Trinajstić information content (AvgIpc) is 3.34. The van der Waals surface area contributed by atoms with E-state index in [1.807, 2.05) is 18.2 Å². The summed E-state index contributed by atoms with van der Waals surface area (Å²) in [7, 11) is 0. The van der Waals surface area contributed by atoms with Gasteiger partial charge in [-0.05, 0) is 23.6 Å². The highest BCUT2D eigenvalue weighted by atomic mass is 32.1. The van der Waals surface area contributed by atoms with Crippen molar-refractivity contribution in [2.75, 3.05) is 0 Å². The third-order valence-electron chi connectivity index (χ3n) is 4.25. The zero-order valence-electron chi connectivity index (χ0n) is 13.1. The van der Waals surface area contributed by atoms with Crippen LogP contribution in [0.15, 0.2) is 46.7 Å². The van der Waals surface area contributed by atoms with E-state index in [4.69, 9.17) is 4.42 Å². The summed E-state index contributed by atoms with van der Waals surface area (Å²) in [4.78, 5) is 23.7. The lowest BCUT2D eigenvalue weighted by atomic mass is 10.0. The highest BCUT2D eigenvalue weighted by Crippen LogP contribution is 2.24. The lowest BCUT2D eigenvalue weighted by Gasteiger charge is -2.33. The van der Waals surface area contributed by atoms with Crippen LogP contribution in [-0.2, 0) is 30.8 Å². The smallest absolute Gasteiger partial charge is 0.238 e. The summed E-state index contributed by atoms with van der Waals surface area (Å²) < 4.78 is 5.28. The van der Waals surface area contributed by atoms with Gasteiger partial charge in [0.05, 0.1) is 36.6 Å². The highest BCUT2D eigenvalue weighted by Gasteiger charge is 2.33. The summed E-state index contributed by atoms with van der Waals surface area (Å²) in [5, 5.41) is 5.04. The molecule has 1 atom stereocenters. The molecule has 4 heterocycles. The molecule has 0 bridgehead atoms. The van der Waals surface area contributed by atoms with Gasteiger partial charge in [0.2, 0.25) is 5.91 Å². The van der Waals surface area contributed by atoms with Crippen molar-refractivity contribution in [1.29, 1.82) is 0 Å². The van der Waals surface area contributed by atoms with Gasteiger partial charge in [0.1, 0.15) is 5.76 Å². The topological polar surface area (TPSA) is 74.2 Å². The average molecular weight is 342 g/mol. The van der Waals surface area contributed by atoms with Crippen LogP contribution in [0.2, 0.25) is 0 Å². The summed E-state index contributed by atoms with van der Waals surface area (Å²) in [6, 6.07) is 7.60.